The van der Waals surface area contributed by atoms with Crippen molar-refractivity contribution in [3.63, 3.8) is 0 Å². The lowest BCUT2D eigenvalue weighted by Gasteiger charge is -2.13. The average molecular weight is 177 g/mol. The highest BCUT2D eigenvalue weighted by Gasteiger charge is 2.22. The van der Waals surface area contributed by atoms with Gasteiger partial charge < -0.3 is 10.1 Å². The van der Waals surface area contributed by atoms with Crippen molar-refractivity contribution in [2.75, 3.05) is 6.61 Å². The van der Waals surface area contributed by atoms with Crippen molar-refractivity contribution in [3.05, 3.63) is 11.8 Å². The van der Waals surface area contributed by atoms with Crippen molar-refractivity contribution in [1.29, 1.82) is 10.5 Å². The molecule has 4 nitrogen and oxygen atoms in total. The van der Waals surface area contributed by atoms with Gasteiger partial charge in [0, 0.05) is 12.8 Å². The first-order chi connectivity index (χ1) is 6.27. The van der Waals surface area contributed by atoms with Crippen LogP contribution in [0.5, 0.6) is 0 Å². The van der Waals surface area contributed by atoms with Crippen molar-refractivity contribution in [1.82, 2.24) is 5.32 Å². The molecule has 1 saturated heterocycles. The molecule has 1 N–H and O–H groups in total. The van der Waals surface area contributed by atoms with E-state index in [0.29, 0.717) is 0 Å². The maximum absolute atomic E-state index is 8.45. The summed E-state index contributed by atoms with van der Waals surface area (Å²) in [5.74, 6) is 0. The second-order valence-corrected chi connectivity index (χ2v) is 2.92. The van der Waals surface area contributed by atoms with Crippen molar-refractivity contribution < 1.29 is 4.74 Å². The molecule has 1 rings (SSSR count). The van der Waals surface area contributed by atoms with Crippen LogP contribution < -0.4 is 5.32 Å². The molecule has 1 aliphatic rings. The number of hydrogen-bond donors (Lipinski definition) is 1. The largest absolute Gasteiger partial charge is 0.384 e. The lowest BCUT2D eigenvalue weighted by Crippen LogP contribution is -2.30. The minimum absolute atomic E-state index is 0.0964. The molecule has 4 heteroatoms. The summed E-state index contributed by atoms with van der Waals surface area (Å²) >= 11 is 0. The van der Waals surface area contributed by atoms with Gasteiger partial charge in [-0.2, -0.15) is 10.5 Å². The van der Waals surface area contributed by atoms with Crippen LogP contribution in [-0.4, -0.2) is 18.8 Å². The second-order valence-electron chi connectivity index (χ2n) is 2.92. The molecule has 2 atom stereocenters. The Hall–Kier alpha value is -1.52. The summed E-state index contributed by atoms with van der Waals surface area (Å²) in [6, 6.07) is 3.79. The van der Waals surface area contributed by atoms with Crippen LogP contribution in [0.3, 0.4) is 0 Å². The Morgan fingerprint density at radius 2 is 2.23 bits per heavy atom. The van der Waals surface area contributed by atoms with E-state index in [9.17, 15) is 0 Å². The number of nitrogens with zero attached hydrogens (tertiary/aromatic N) is 2. The van der Waals surface area contributed by atoms with E-state index in [4.69, 9.17) is 15.3 Å². The van der Waals surface area contributed by atoms with Crippen molar-refractivity contribution in [2.45, 2.75) is 25.5 Å². The molecule has 0 saturated carbocycles. The van der Waals surface area contributed by atoms with Gasteiger partial charge in [-0.05, 0) is 13.3 Å². The number of rotatable bonds is 2. The molecular weight excluding hydrogens is 166 g/mol. The van der Waals surface area contributed by atoms with E-state index in [2.05, 4.69) is 5.32 Å². The molecule has 1 fully saturated rings. The minimum Gasteiger partial charge on any atom is -0.384 e. The number of nitrogens with one attached hydrogen (secondary N) is 1. The van der Waals surface area contributed by atoms with E-state index in [1.165, 1.54) is 6.20 Å². The summed E-state index contributed by atoms with van der Waals surface area (Å²) in [7, 11) is 0. The summed E-state index contributed by atoms with van der Waals surface area (Å²) < 4.78 is 5.31. The number of allylic oxidation sites excluding steroid dienone is 1. The van der Waals surface area contributed by atoms with E-state index in [-0.39, 0.29) is 17.7 Å². The van der Waals surface area contributed by atoms with Crippen LogP contribution in [0.1, 0.15) is 13.3 Å². The topological polar surface area (TPSA) is 68.8 Å². The van der Waals surface area contributed by atoms with Crippen molar-refractivity contribution in [2.24, 2.45) is 0 Å². The average Bonchev–Trinajstić information content (AvgIpc) is 2.54. The summed E-state index contributed by atoms with van der Waals surface area (Å²) in [6.45, 7) is 2.71. The van der Waals surface area contributed by atoms with Gasteiger partial charge in [-0.3, -0.25) is 0 Å². The standard InChI is InChI=1S/C9H11N3O/c1-7-9(2-3-13-7)12-6-8(4-10)5-11/h6-7,9,12H,2-3H2,1H3. The first kappa shape index (κ1) is 9.57. The fourth-order valence-corrected chi connectivity index (χ4v) is 1.23. The Labute approximate surface area is 77.4 Å². The van der Waals surface area contributed by atoms with E-state index < -0.39 is 0 Å². The highest BCUT2D eigenvalue weighted by atomic mass is 16.5. The number of hydrogen-bond acceptors (Lipinski definition) is 4. The molecule has 0 spiro atoms. The van der Waals surface area contributed by atoms with Gasteiger partial charge in [0.05, 0.1) is 12.1 Å². The predicted octanol–water partition coefficient (Wildman–Crippen LogP) is 0.684. The Morgan fingerprint density at radius 1 is 1.54 bits per heavy atom. The Kier molecular flexibility index (Phi) is 3.31. The second kappa shape index (κ2) is 4.49. The van der Waals surface area contributed by atoms with E-state index in [0.717, 1.165) is 13.0 Å². The third kappa shape index (κ3) is 2.47. The molecule has 0 aromatic rings. The van der Waals surface area contributed by atoms with Gasteiger partial charge in [-0.25, -0.2) is 0 Å². The number of ether oxygens (including phenoxy) is 1. The van der Waals surface area contributed by atoms with E-state index in [1.807, 2.05) is 6.92 Å². The minimum atomic E-state index is 0.0964. The molecule has 13 heavy (non-hydrogen) atoms. The molecule has 0 aromatic carbocycles. The van der Waals surface area contributed by atoms with Gasteiger partial charge in [-0.15, -0.1) is 0 Å². The smallest absolute Gasteiger partial charge is 0.145 e. The summed E-state index contributed by atoms with van der Waals surface area (Å²) in [5, 5.41) is 19.9. The molecule has 0 aliphatic carbocycles. The molecule has 2 unspecified atom stereocenters. The van der Waals surface area contributed by atoms with Gasteiger partial charge in [0.15, 0.2) is 0 Å². The maximum atomic E-state index is 8.45. The molecule has 1 heterocycles. The van der Waals surface area contributed by atoms with Crippen LogP contribution in [0.4, 0.5) is 0 Å². The maximum Gasteiger partial charge on any atom is 0.145 e. The molecule has 68 valence electrons. The van der Waals surface area contributed by atoms with Crippen LogP contribution >= 0.6 is 0 Å². The fourth-order valence-electron chi connectivity index (χ4n) is 1.23. The first-order valence-electron chi connectivity index (χ1n) is 4.16. The zero-order chi connectivity index (χ0) is 9.68. The monoisotopic (exact) mass is 177 g/mol. The van der Waals surface area contributed by atoms with Gasteiger partial charge in [-0.1, -0.05) is 0 Å². The molecule has 0 amide bonds. The molecule has 0 aromatic heterocycles. The van der Waals surface area contributed by atoms with Crippen molar-refractivity contribution in [3.8, 4) is 12.1 Å². The fraction of sp³-hybridized carbons (Fsp3) is 0.556. The third-order valence-electron chi connectivity index (χ3n) is 2.06. The highest BCUT2D eigenvalue weighted by molar-refractivity contribution is 5.34. The van der Waals surface area contributed by atoms with E-state index in [1.54, 1.807) is 12.1 Å². The lowest BCUT2D eigenvalue weighted by atomic mass is 10.1. The SMILES string of the molecule is CC1OCCC1NC=C(C#N)C#N. The molecule has 1 aliphatic heterocycles. The lowest BCUT2D eigenvalue weighted by molar-refractivity contribution is 0.115. The van der Waals surface area contributed by atoms with Gasteiger partial charge in [0.1, 0.15) is 17.7 Å². The molecule has 0 bridgehead atoms. The normalized spacial score (nSPS) is 25.8. The van der Waals surface area contributed by atoms with Crippen LogP contribution in [0.25, 0.3) is 0 Å². The van der Waals surface area contributed by atoms with Crippen LogP contribution in [0.2, 0.25) is 0 Å². The zero-order valence-electron chi connectivity index (χ0n) is 7.45. The molecule has 0 radical (unpaired) electrons. The summed E-state index contributed by atoms with van der Waals surface area (Å²) in [6.07, 6.45) is 2.52. The van der Waals surface area contributed by atoms with Crippen LogP contribution in [0, 0.1) is 22.7 Å². The third-order valence-corrected chi connectivity index (χ3v) is 2.06. The number of nitriles is 2. The zero-order valence-corrected chi connectivity index (χ0v) is 7.45. The van der Waals surface area contributed by atoms with Crippen LogP contribution in [0.15, 0.2) is 11.8 Å². The summed E-state index contributed by atoms with van der Waals surface area (Å²) in [5.41, 5.74) is 0.0964. The highest BCUT2D eigenvalue weighted by Crippen LogP contribution is 2.12. The predicted molar refractivity (Wildman–Crippen MR) is 46.3 cm³/mol. The quantitative estimate of drug-likeness (QED) is 0.630. The molecular formula is C9H11N3O. The Balaban J connectivity index is 2.47. The summed E-state index contributed by atoms with van der Waals surface area (Å²) in [4.78, 5) is 0. The Bertz CT molecular complexity index is 268. The van der Waals surface area contributed by atoms with E-state index >= 15 is 0 Å². The first-order valence-corrected chi connectivity index (χ1v) is 4.16. The van der Waals surface area contributed by atoms with Crippen LogP contribution in [-0.2, 0) is 4.74 Å². The van der Waals surface area contributed by atoms with Gasteiger partial charge >= 0.3 is 0 Å². The van der Waals surface area contributed by atoms with Gasteiger partial charge in [0.2, 0.25) is 0 Å². The van der Waals surface area contributed by atoms with Gasteiger partial charge in [0.25, 0.3) is 0 Å². The Morgan fingerprint density at radius 3 is 2.69 bits per heavy atom. The van der Waals surface area contributed by atoms with Crippen molar-refractivity contribution >= 4 is 0 Å².